The molecule has 1 aromatic heterocycles. The number of halogens is 2. The first kappa shape index (κ1) is 22.5. The summed E-state index contributed by atoms with van der Waals surface area (Å²) < 4.78 is 27.2. The van der Waals surface area contributed by atoms with Gasteiger partial charge in [-0.2, -0.15) is 0 Å². The number of rotatable bonds is 5. The number of aliphatic hydroxyl groups excluding tert-OH is 1. The summed E-state index contributed by atoms with van der Waals surface area (Å²) >= 11 is 0. The number of carbonyl (C=O) groups excluding carboxylic acids is 2. The van der Waals surface area contributed by atoms with Gasteiger partial charge in [0.25, 0.3) is 11.7 Å². The largest absolute Gasteiger partial charge is 0.507 e. The summed E-state index contributed by atoms with van der Waals surface area (Å²) in [5.74, 6) is -2.69. The third-order valence-electron chi connectivity index (χ3n) is 6.44. The van der Waals surface area contributed by atoms with Crippen LogP contribution >= 0.6 is 0 Å². The smallest absolute Gasteiger partial charge is 0.295 e. The predicted molar refractivity (Wildman–Crippen MR) is 129 cm³/mol. The van der Waals surface area contributed by atoms with Crippen molar-refractivity contribution in [3.63, 3.8) is 0 Å². The Balaban J connectivity index is 1.63. The zero-order valence-electron chi connectivity index (χ0n) is 18.9. The molecule has 2 N–H and O–H groups in total. The van der Waals surface area contributed by atoms with E-state index in [1.807, 2.05) is 24.3 Å². The van der Waals surface area contributed by atoms with E-state index in [0.717, 1.165) is 16.5 Å². The molecule has 5 rings (SSSR count). The topological polar surface area (TPSA) is 73.4 Å². The van der Waals surface area contributed by atoms with Crippen molar-refractivity contribution in [3.8, 4) is 0 Å². The van der Waals surface area contributed by atoms with Crippen LogP contribution in [0.5, 0.6) is 0 Å². The molecule has 0 spiro atoms. The van der Waals surface area contributed by atoms with Crippen molar-refractivity contribution in [3.05, 3.63) is 112 Å². The number of amides is 1. The molecule has 4 aromatic rings. The zero-order valence-corrected chi connectivity index (χ0v) is 18.9. The lowest BCUT2D eigenvalue weighted by Gasteiger charge is -2.25. The number of para-hydroxylation sites is 1. The molecule has 0 saturated carbocycles. The van der Waals surface area contributed by atoms with Crippen LogP contribution in [0, 0.1) is 18.6 Å². The van der Waals surface area contributed by atoms with Gasteiger partial charge in [-0.25, -0.2) is 8.78 Å². The molecule has 1 amide bonds. The Hall–Kier alpha value is -4.26. The fraction of sp³-hybridized carbons (Fsp3) is 0.143. The molecule has 0 bridgehead atoms. The molecular weight excluding hydrogens is 450 g/mol. The second-order valence-electron chi connectivity index (χ2n) is 8.62. The average molecular weight is 472 g/mol. The first-order chi connectivity index (χ1) is 16.8. The maximum Gasteiger partial charge on any atom is 0.295 e. The number of aliphatic hydroxyl groups is 1. The lowest BCUT2D eigenvalue weighted by Crippen LogP contribution is -2.31. The van der Waals surface area contributed by atoms with E-state index in [4.69, 9.17) is 0 Å². The molecule has 1 fully saturated rings. The molecule has 2 heterocycles. The molecule has 35 heavy (non-hydrogen) atoms. The minimum atomic E-state index is -0.850. The third kappa shape index (κ3) is 3.99. The number of fused-ring (bicyclic) bond motifs is 1. The minimum Gasteiger partial charge on any atom is -0.507 e. The number of aromatic amines is 1. The Morgan fingerprint density at radius 1 is 1.03 bits per heavy atom. The highest BCUT2D eigenvalue weighted by molar-refractivity contribution is 6.46. The van der Waals surface area contributed by atoms with Gasteiger partial charge in [0.15, 0.2) is 0 Å². The maximum absolute atomic E-state index is 13.8. The van der Waals surface area contributed by atoms with Gasteiger partial charge in [0.1, 0.15) is 17.4 Å². The number of hydrogen-bond donors (Lipinski definition) is 2. The highest BCUT2D eigenvalue weighted by atomic mass is 19.1. The van der Waals surface area contributed by atoms with Crippen LogP contribution in [0.2, 0.25) is 0 Å². The van der Waals surface area contributed by atoms with Crippen LogP contribution < -0.4 is 0 Å². The van der Waals surface area contributed by atoms with Crippen molar-refractivity contribution in [1.82, 2.24) is 9.88 Å². The third-order valence-corrected chi connectivity index (χ3v) is 6.44. The number of H-pyrrole nitrogens is 1. The average Bonchev–Trinajstić information content (AvgIpc) is 3.39. The number of likely N-dealkylation sites (tertiary alicyclic amines) is 1. The number of ketones is 1. The SMILES string of the molecule is Cc1cc(/C(O)=C2\C(=O)C(=O)N(CCc3ccc(F)cc3)C2c2c[nH]c3ccccc23)ccc1F. The van der Waals surface area contributed by atoms with Crippen molar-refractivity contribution in [2.24, 2.45) is 0 Å². The molecule has 0 aliphatic carbocycles. The number of aromatic nitrogens is 1. The Morgan fingerprint density at radius 3 is 2.51 bits per heavy atom. The van der Waals surface area contributed by atoms with Gasteiger partial charge < -0.3 is 15.0 Å². The van der Waals surface area contributed by atoms with Crippen LogP contribution in [0.25, 0.3) is 16.7 Å². The second kappa shape index (κ2) is 8.83. The van der Waals surface area contributed by atoms with Crippen molar-refractivity contribution in [2.75, 3.05) is 6.54 Å². The van der Waals surface area contributed by atoms with E-state index in [9.17, 15) is 23.5 Å². The first-order valence-corrected chi connectivity index (χ1v) is 11.2. The van der Waals surface area contributed by atoms with Gasteiger partial charge in [0.2, 0.25) is 0 Å². The maximum atomic E-state index is 13.8. The standard InChI is InChI=1S/C28H22F2N2O3/c1-16-14-18(8-11-22(16)30)26(33)24-25(21-15-31-23-5-3-2-4-20(21)23)32(28(35)27(24)34)13-12-17-6-9-19(29)10-7-17/h2-11,14-15,25,31,33H,12-13H2,1H3/b26-24+. The molecule has 5 nitrogen and oxygen atoms in total. The summed E-state index contributed by atoms with van der Waals surface area (Å²) in [4.78, 5) is 31.0. The van der Waals surface area contributed by atoms with E-state index < -0.39 is 23.5 Å². The molecule has 1 aliphatic rings. The van der Waals surface area contributed by atoms with Crippen LogP contribution in [0.1, 0.15) is 28.3 Å². The van der Waals surface area contributed by atoms with Gasteiger partial charge in [-0.15, -0.1) is 0 Å². The Labute approximate surface area is 200 Å². The van der Waals surface area contributed by atoms with E-state index in [1.54, 1.807) is 25.3 Å². The number of nitrogens with one attached hydrogen (secondary N) is 1. The minimum absolute atomic E-state index is 0.0510. The van der Waals surface area contributed by atoms with Gasteiger partial charge in [-0.1, -0.05) is 30.3 Å². The molecule has 1 unspecified atom stereocenters. The van der Waals surface area contributed by atoms with Gasteiger partial charge in [-0.3, -0.25) is 9.59 Å². The second-order valence-corrected chi connectivity index (χ2v) is 8.62. The van der Waals surface area contributed by atoms with Crippen molar-refractivity contribution in [1.29, 1.82) is 0 Å². The molecule has 176 valence electrons. The number of Topliss-reactive ketones (excluding diaryl/α,β-unsaturated/α-hetero) is 1. The first-order valence-electron chi connectivity index (χ1n) is 11.2. The summed E-state index contributed by atoms with van der Waals surface area (Å²) in [6.07, 6.45) is 2.12. The molecule has 7 heteroatoms. The van der Waals surface area contributed by atoms with Crippen LogP contribution in [-0.2, 0) is 16.0 Å². The van der Waals surface area contributed by atoms with E-state index in [2.05, 4.69) is 4.98 Å². The van der Waals surface area contributed by atoms with Crippen molar-refractivity contribution < 1.29 is 23.5 Å². The molecule has 1 saturated heterocycles. The molecule has 1 aliphatic heterocycles. The number of benzene rings is 3. The molecule has 1 atom stereocenters. The van der Waals surface area contributed by atoms with E-state index in [1.165, 1.54) is 35.2 Å². The quantitative estimate of drug-likeness (QED) is 0.231. The number of nitrogens with zero attached hydrogens (tertiary/aromatic N) is 1. The summed E-state index contributed by atoms with van der Waals surface area (Å²) in [5.41, 5.74) is 2.81. The van der Waals surface area contributed by atoms with E-state index >= 15 is 0 Å². The lowest BCUT2D eigenvalue weighted by atomic mass is 9.94. The van der Waals surface area contributed by atoms with Crippen LogP contribution in [0.4, 0.5) is 8.78 Å². The summed E-state index contributed by atoms with van der Waals surface area (Å²) in [6, 6.07) is 16.6. The highest BCUT2D eigenvalue weighted by Crippen LogP contribution is 2.42. The fourth-order valence-electron chi connectivity index (χ4n) is 4.60. The highest BCUT2D eigenvalue weighted by Gasteiger charge is 2.46. The molecule has 0 radical (unpaired) electrons. The molecule has 3 aromatic carbocycles. The Bertz CT molecular complexity index is 1490. The summed E-state index contributed by atoms with van der Waals surface area (Å²) in [7, 11) is 0. The normalized spacial score (nSPS) is 17.5. The summed E-state index contributed by atoms with van der Waals surface area (Å²) in [6.45, 7) is 1.74. The van der Waals surface area contributed by atoms with Gasteiger partial charge >= 0.3 is 0 Å². The zero-order chi connectivity index (χ0) is 24.7. The van der Waals surface area contributed by atoms with Crippen LogP contribution in [0.3, 0.4) is 0 Å². The van der Waals surface area contributed by atoms with E-state index in [-0.39, 0.29) is 29.3 Å². The number of aryl methyl sites for hydroxylation is 1. The monoisotopic (exact) mass is 472 g/mol. The van der Waals surface area contributed by atoms with E-state index in [0.29, 0.717) is 17.5 Å². The molecular formula is C28H22F2N2O3. The van der Waals surface area contributed by atoms with Crippen molar-refractivity contribution in [2.45, 2.75) is 19.4 Å². The van der Waals surface area contributed by atoms with Crippen LogP contribution in [0.15, 0.2) is 78.5 Å². The number of carbonyl (C=O) groups is 2. The van der Waals surface area contributed by atoms with Gasteiger partial charge in [0, 0.05) is 34.8 Å². The van der Waals surface area contributed by atoms with Gasteiger partial charge in [0.05, 0.1) is 11.6 Å². The van der Waals surface area contributed by atoms with Gasteiger partial charge in [-0.05, 0) is 60.9 Å². The number of hydrogen-bond acceptors (Lipinski definition) is 3. The lowest BCUT2D eigenvalue weighted by molar-refractivity contribution is -0.139. The Kier molecular flexibility index (Phi) is 5.68. The predicted octanol–water partition coefficient (Wildman–Crippen LogP) is 5.42. The van der Waals surface area contributed by atoms with Crippen molar-refractivity contribution >= 4 is 28.4 Å². The fourth-order valence-corrected chi connectivity index (χ4v) is 4.60. The van der Waals surface area contributed by atoms with Crippen LogP contribution in [-0.4, -0.2) is 33.2 Å². The Morgan fingerprint density at radius 2 is 1.77 bits per heavy atom. The summed E-state index contributed by atoms with van der Waals surface area (Å²) in [5, 5.41) is 12.0.